The summed E-state index contributed by atoms with van der Waals surface area (Å²) in [7, 11) is 0. The van der Waals surface area contributed by atoms with Crippen LogP contribution in [0.3, 0.4) is 0 Å². The number of nitriles is 1. The Bertz CT molecular complexity index is 419. The third-order valence-corrected chi connectivity index (χ3v) is 2.29. The highest BCUT2D eigenvalue weighted by Gasteiger charge is 2.08. The summed E-state index contributed by atoms with van der Waals surface area (Å²) < 4.78 is 0. The maximum atomic E-state index is 8.68. The molecule has 0 aromatic carbocycles. The molecule has 0 saturated heterocycles. The molecule has 0 spiro atoms. The van der Waals surface area contributed by atoms with Crippen LogP contribution >= 0.6 is 0 Å². The van der Waals surface area contributed by atoms with Gasteiger partial charge < -0.3 is 10.6 Å². The standard InChI is InChI=1S/C13H19N5/c1-10(2)7-11(3)17-13(16-9-14)18-12-5-4-6-15-8-12/h4-6,8,10-11H,7H2,1-3H3,(H2,16,17,18). The van der Waals surface area contributed by atoms with Crippen molar-refractivity contribution >= 4 is 11.6 Å². The third-order valence-electron chi connectivity index (χ3n) is 2.29. The van der Waals surface area contributed by atoms with Gasteiger partial charge in [-0.1, -0.05) is 13.8 Å². The number of aromatic nitrogens is 1. The molecule has 5 heteroatoms. The van der Waals surface area contributed by atoms with Gasteiger partial charge in [0.05, 0.1) is 11.9 Å². The van der Waals surface area contributed by atoms with Crippen LogP contribution in [0.4, 0.5) is 5.69 Å². The minimum atomic E-state index is 0.251. The van der Waals surface area contributed by atoms with Gasteiger partial charge in [0.25, 0.3) is 0 Å². The van der Waals surface area contributed by atoms with E-state index in [1.807, 2.05) is 12.1 Å². The van der Waals surface area contributed by atoms with E-state index in [1.165, 1.54) is 0 Å². The summed E-state index contributed by atoms with van der Waals surface area (Å²) in [6, 6.07) is 3.94. The van der Waals surface area contributed by atoms with Crippen LogP contribution < -0.4 is 10.6 Å². The molecule has 0 fully saturated rings. The fourth-order valence-corrected chi connectivity index (χ4v) is 1.72. The number of nitrogens with one attached hydrogen (secondary N) is 2. The van der Waals surface area contributed by atoms with Gasteiger partial charge in [0, 0.05) is 12.2 Å². The molecule has 0 amide bonds. The summed E-state index contributed by atoms with van der Waals surface area (Å²) in [6.45, 7) is 6.39. The molecule has 0 saturated carbocycles. The largest absolute Gasteiger partial charge is 0.353 e. The number of nitrogens with zero attached hydrogens (tertiary/aromatic N) is 3. The van der Waals surface area contributed by atoms with Crippen molar-refractivity contribution in [3.05, 3.63) is 24.5 Å². The van der Waals surface area contributed by atoms with Crippen molar-refractivity contribution in [2.75, 3.05) is 5.32 Å². The number of pyridine rings is 1. The SMILES string of the molecule is CC(C)CC(C)NC(=NC#N)Nc1cccnc1. The fraction of sp³-hybridized carbons (Fsp3) is 0.462. The van der Waals surface area contributed by atoms with Gasteiger partial charge >= 0.3 is 0 Å². The van der Waals surface area contributed by atoms with Crippen molar-refractivity contribution in [2.45, 2.75) is 33.2 Å². The monoisotopic (exact) mass is 245 g/mol. The van der Waals surface area contributed by atoms with Crippen LogP contribution in [0, 0.1) is 17.4 Å². The van der Waals surface area contributed by atoms with Crippen LogP contribution in [0.2, 0.25) is 0 Å². The van der Waals surface area contributed by atoms with E-state index in [4.69, 9.17) is 5.26 Å². The molecule has 0 bridgehead atoms. The second-order valence-corrected chi connectivity index (χ2v) is 4.60. The Labute approximate surface area is 108 Å². The van der Waals surface area contributed by atoms with E-state index in [0.717, 1.165) is 12.1 Å². The molecule has 0 aliphatic heterocycles. The Balaban J connectivity index is 2.62. The van der Waals surface area contributed by atoms with E-state index in [0.29, 0.717) is 11.9 Å². The Hall–Kier alpha value is -2.09. The first-order valence-electron chi connectivity index (χ1n) is 6.02. The van der Waals surface area contributed by atoms with Crippen LogP contribution in [0.1, 0.15) is 27.2 Å². The van der Waals surface area contributed by atoms with Crippen molar-refractivity contribution < 1.29 is 0 Å². The zero-order valence-electron chi connectivity index (χ0n) is 11.0. The molecule has 1 rings (SSSR count). The van der Waals surface area contributed by atoms with Crippen molar-refractivity contribution in [2.24, 2.45) is 10.9 Å². The molecular formula is C13H19N5. The zero-order valence-corrected chi connectivity index (χ0v) is 11.0. The number of hydrogen-bond acceptors (Lipinski definition) is 3. The van der Waals surface area contributed by atoms with Gasteiger partial charge in [-0.2, -0.15) is 5.26 Å². The Morgan fingerprint density at radius 1 is 1.50 bits per heavy atom. The molecular weight excluding hydrogens is 226 g/mol. The number of anilines is 1. The first-order chi connectivity index (χ1) is 8.61. The van der Waals surface area contributed by atoms with Gasteiger partial charge in [0.2, 0.25) is 12.2 Å². The minimum Gasteiger partial charge on any atom is -0.353 e. The highest BCUT2D eigenvalue weighted by molar-refractivity contribution is 5.94. The molecule has 1 aromatic heterocycles. The predicted molar refractivity (Wildman–Crippen MR) is 73.0 cm³/mol. The van der Waals surface area contributed by atoms with Gasteiger partial charge in [-0.25, -0.2) is 0 Å². The molecule has 0 aliphatic rings. The smallest absolute Gasteiger partial charge is 0.212 e. The van der Waals surface area contributed by atoms with Gasteiger partial charge in [-0.15, -0.1) is 4.99 Å². The second kappa shape index (κ2) is 7.28. The maximum Gasteiger partial charge on any atom is 0.212 e. The number of aliphatic imine (C=N–C) groups is 1. The van der Waals surface area contributed by atoms with E-state index in [-0.39, 0.29) is 6.04 Å². The van der Waals surface area contributed by atoms with Crippen LogP contribution in [0.25, 0.3) is 0 Å². The van der Waals surface area contributed by atoms with E-state index in [2.05, 4.69) is 41.4 Å². The zero-order chi connectivity index (χ0) is 13.4. The maximum absolute atomic E-state index is 8.68. The molecule has 1 unspecified atom stereocenters. The van der Waals surface area contributed by atoms with Gasteiger partial charge in [0.1, 0.15) is 0 Å². The summed E-state index contributed by atoms with van der Waals surface area (Å²) in [4.78, 5) is 7.74. The minimum absolute atomic E-state index is 0.251. The summed E-state index contributed by atoms with van der Waals surface area (Å²) >= 11 is 0. The Morgan fingerprint density at radius 2 is 2.28 bits per heavy atom. The lowest BCUT2D eigenvalue weighted by Crippen LogP contribution is -2.38. The summed E-state index contributed by atoms with van der Waals surface area (Å²) in [5.74, 6) is 1.05. The molecule has 1 atom stereocenters. The third kappa shape index (κ3) is 5.30. The van der Waals surface area contributed by atoms with Crippen LogP contribution in [-0.2, 0) is 0 Å². The highest BCUT2D eigenvalue weighted by Crippen LogP contribution is 2.05. The number of rotatable bonds is 4. The molecule has 0 radical (unpaired) electrons. The molecule has 0 aliphatic carbocycles. The van der Waals surface area contributed by atoms with Gasteiger partial charge in [-0.3, -0.25) is 4.98 Å². The van der Waals surface area contributed by atoms with E-state index in [9.17, 15) is 0 Å². The van der Waals surface area contributed by atoms with Crippen LogP contribution in [0.5, 0.6) is 0 Å². The lowest BCUT2D eigenvalue weighted by molar-refractivity contribution is 0.491. The van der Waals surface area contributed by atoms with E-state index in [1.54, 1.807) is 18.6 Å². The van der Waals surface area contributed by atoms with Crippen LogP contribution in [0.15, 0.2) is 29.5 Å². The molecule has 18 heavy (non-hydrogen) atoms. The molecule has 1 heterocycles. The van der Waals surface area contributed by atoms with E-state index >= 15 is 0 Å². The van der Waals surface area contributed by atoms with Crippen molar-refractivity contribution in [3.8, 4) is 6.19 Å². The molecule has 96 valence electrons. The fourth-order valence-electron chi connectivity index (χ4n) is 1.72. The summed E-state index contributed by atoms with van der Waals surface area (Å²) in [5, 5.41) is 14.9. The van der Waals surface area contributed by atoms with Crippen molar-refractivity contribution in [1.29, 1.82) is 5.26 Å². The lowest BCUT2D eigenvalue weighted by Gasteiger charge is -2.18. The summed E-state index contributed by atoms with van der Waals surface area (Å²) in [5.41, 5.74) is 0.802. The predicted octanol–water partition coefficient (Wildman–Crippen LogP) is 2.35. The first kappa shape index (κ1) is 14.0. The van der Waals surface area contributed by atoms with E-state index < -0.39 is 0 Å². The number of hydrogen-bond donors (Lipinski definition) is 2. The van der Waals surface area contributed by atoms with Gasteiger partial charge in [-0.05, 0) is 31.4 Å². The number of guanidine groups is 1. The van der Waals surface area contributed by atoms with Crippen molar-refractivity contribution in [3.63, 3.8) is 0 Å². The summed E-state index contributed by atoms with van der Waals surface area (Å²) in [6.07, 6.45) is 6.18. The average Bonchev–Trinajstić information content (AvgIpc) is 2.29. The van der Waals surface area contributed by atoms with Gasteiger partial charge in [0.15, 0.2) is 0 Å². The molecule has 5 nitrogen and oxygen atoms in total. The molecule has 2 N–H and O–H groups in total. The van der Waals surface area contributed by atoms with Crippen LogP contribution in [-0.4, -0.2) is 17.0 Å². The highest BCUT2D eigenvalue weighted by atomic mass is 15.2. The lowest BCUT2D eigenvalue weighted by atomic mass is 10.1. The first-order valence-corrected chi connectivity index (χ1v) is 6.02. The quantitative estimate of drug-likeness (QED) is 0.485. The Kier molecular flexibility index (Phi) is 5.65. The van der Waals surface area contributed by atoms with Crippen molar-refractivity contribution in [1.82, 2.24) is 10.3 Å². The Morgan fingerprint density at radius 3 is 2.83 bits per heavy atom. The normalized spacial score (nSPS) is 12.9. The average molecular weight is 245 g/mol. The molecule has 1 aromatic rings. The topological polar surface area (TPSA) is 73.1 Å². The second-order valence-electron chi connectivity index (χ2n) is 4.60.